The Balaban J connectivity index is 1.61. The SMILES string of the molecule is O=C(NC(Cc1ccccc1)C1CC1)N1CCCCC1CCO. The van der Waals surface area contributed by atoms with Gasteiger partial charge in [0.1, 0.15) is 0 Å². The van der Waals surface area contributed by atoms with E-state index < -0.39 is 0 Å². The maximum absolute atomic E-state index is 12.7. The van der Waals surface area contributed by atoms with Gasteiger partial charge in [-0.15, -0.1) is 0 Å². The second-order valence-corrected chi connectivity index (χ2v) is 6.94. The van der Waals surface area contributed by atoms with Gasteiger partial charge in [-0.3, -0.25) is 0 Å². The average molecular weight is 316 g/mol. The van der Waals surface area contributed by atoms with Crippen molar-refractivity contribution in [3.8, 4) is 0 Å². The Labute approximate surface area is 138 Å². The fraction of sp³-hybridized carbons (Fsp3) is 0.632. The van der Waals surface area contributed by atoms with Crippen molar-refractivity contribution in [3.05, 3.63) is 35.9 Å². The molecule has 0 spiro atoms. The number of urea groups is 1. The van der Waals surface area contributed by atoms with Crippen LogP contribution in [0.2, 0.25) is 0 Å². The smallest absolute Gasteiger partial charge is 0.317 e. The number of aliphatic hydroxyl groups is 1. The van der Waals surface area contributed by atoms with E-state index in [1.54, 1.807) is 0 Å². The van der Waals surface area contributed by atoms with Gasteiger partial charge in [0.25, 0.3) is 0 Å². The van der Waals surface area contributed by atoms with Crippen molar-refractivity contribution < 1.29 is 9.90 Å². The first-order valence-corrected chi connectivity index (χ1v) is 9.00. The standard InChI is InChI=1S/C19H28N2O2/c22-13-11-17-8-4-5-12-21(17)19(23)20-18(16-9-10-16)14-15-6-2-1-3-7-15/h1-3,6-7,16-18,22H,4-5,8-14H2,(H,20,23). The third kappa shape index (κ3) is 4.47. The Bertz CT molecular complexity index is 499. The molecule has 4 nitrogen and oxygen atoms in total. The highest BCUT2D eigenvalue weighted by atomic mass is 16.3. The monoisotopic (exact) mass is 316 g/mol. The molecule has 2 aliphatic rings. The van der Waals surface area contributed by atoms with Gasteiger partial charge in [-0.2, -0.15) is 0 Å². The van der Waals surface area contributed by atoms with Crippen LogP contribution in [0.25, 0.3) is 0 Å². The lowest BCUT2D eigenvalue weighted by molar-refractivity contribution is 0.128. The first-order chi connectivity index (χ1) is 11.3. The van der Waals surface area contributed by atoms with E-state index in [0.717, 1.165) is 32.2 Å². The number of carbonyl (C=O) groups excluding carboxylic acids is 1. The van der Waals surface area contributed by atoms with Gasteiger partial charge < -0.3 is 15.3 Å². The van der Waals surface area contributed by atoms with E-state index in [9.17, 15) is 9.90 Å². The van der Waals surface area contributed by atoms with Crippen LogP contribution in [0.1, 0.15) is 44.1 Å². The third-order valence-corrected chi connectivity index (χ3v) is 5.15. The van der Waals surface area contributed by atoms with Gasteiger partial charge in [0.2, 0.25) is 0 Å². The molecule has 2 N–H and O–H groups in total. The van der Waals surface area contributed by atoms with E-state index in [-0.39, 0.29) is 24.7 Å². The molecule has 1 aliphatic carbocycles. The predicted molar refractivity (Wildman–Crippen MR) is 91.2 cm³/mol. The van der Waals surface area contributed by atoms with Gasteiger partial charge in [-0.05, 0) is 56.4 Å². The summed E-state index contributed by atoms with van der Waals surface area (Å²) in [6.45, 7) is 0.976. The quantitative estimate of drug-likeness (QED) is 0.848. The molecule has 0 radical (unpaired) electrons. The summed E-state index contributed by atoms with van der Waals surface area (Å²) in [5, 5.41) is 12.5. The summed E-state index contributed by atoms with van der Waals surface area (Å²) in [5.41, 5.74) is 1.29. The minimum atomic E-state index is 0.0657. The maximum Gasteiger partial charge on any atom is 0.317 e. The molecule has 1 saturated heterocycles. The van der Waals surface area contributed by atoms with E-state index in [2.05, 4.69) is 29.6 Å². The van der Waals surface area contributed by atoms with Crippen molar-refractivity contribution >= 4 is 6.03 Å². The predicted octanol–water partition coefficient (Wildman–Crippen LogP) is 2.95. The van der Waals surface area contributed by atoms with Crippen LogP contribution in [-0.4, -0.2) is 41.3 Å². The Morgan fingerprint density at radius 3 is 2.70 bits per heavy atom. The summed E-state index contributed by atoms with van der Waals surface area (Å²) in [6.07, 6.45) is 7.29. The number of likely N-dealkylation sites (tertiary alicyclic amines) is 1. The van der Waals surface area contributed by atoms with Crippen LogP contribution in [0.5, 0.6) is 0 Å². The molecular formula is C19H28N2O2. The second-order valence-electron chi connectivity index (χ2n) is 6.94. The number of rotatable bonds is 6. The lowest BCUT2D eigenvalue weighted by Gasteiger charge is -2.36. The molecule has 2 amide bonds. The molecule has 1 saturated carbocycles. The summed E-state index contributed by atoms with van der Waals surface area (Å²) in [5.74, 6) is 0.625. The zero-order chi connectivity index (χ0) is 16.1. The van der Waals surface area contributed by atoms with Gasteiger partial charge in [0.15, 0.2) is 0 Å². The van der Waals surface area contributed by atoms with E-state index in [0.29, 0.717) is 12.3 Å². The Hall–Kier alpha value is -1.55. The van der Waals surface area contributed by atoms with Crippen LogP contribution in [0.3, 0.4) is 0 Å². The molecule has 23 heavy (non-hydrogen) atoms. The lowest BCUT2D eigenvalue weighted by atomic mass is 9.99. The summed E-state index contributed by atoms with van der Waals surface area (Å²) < 4.78 is 0. The minimum Gasteiger partial charge on any atom is -0.396 e. The largest absolute Gasteiger partial charge is 0.396 e. The number of benzene rings is 1. The second kappa shape index (κ2) is 7.82. The Morgan fingerprint density at radius 2 is 2.00 bits per heavy atom. The first kappa shape index (κ1) is 16.3. The zero-order valence-electron chi connectivity index (χ0n) is 13.8. The summed E-state index contributed by atoms with van der Waals surface area (Å²) in [6, 6.07) is 10.9. The molecule has 2 fully saturated rings. The fourth-order valence-corrected chi connectivity index (χ4v) is 3.66. The summed E-state index contributed by atoms with van der Waals surface area (Å²) in [4.78, 5) is 14.7. The molecule has 2 atom stereocenters. The molecule has 0 bridgehead atoms. The highest BCUT2D eigenvalue weighted by molar-refractivity contribution is 5.75. The van der Waals surface area contributed by atoms with Gasteiger partial charge in [0, 0.05) is 25.2 Å². The van der Waals surface area contributed by atoms with Crippen molar-refractivity contribution in [2.45, 2.75) is 57.0 Å². The van der Waals surface area contributed by atoms with Crippen LogP contribution in [-0.2, 0) is 6.42 Å². The average Bonchev–Trinajstić information content (AvgIpc) is 3.41. The van der Waals surface area contributed by atoms with E-state index in [1.165, 1.54) is 18.4 Å². The van der Waals surface area contributed by atoms with Gasteiger partial charge in [0.05, 0.1) is 0 Å². The summed E-state index contributed by atoms with van der Waals surface area (Å²) in [7, 11) is 0. The molecule has 126 valence electrons. The Morgan fingerprint density at radius 1 is 1.22 bits per heavy atom. The van der Waals surface area contributed by atoms with Crippen LogP contribution < -0.4 is 5.32 Å². The molecule has 1 aromatic carbocycles. The van der Waals surface area contributed by atoms with E-state index in [1.807, 2.05) is 11.0 Å². The maximum atomic E-state index is 12.7. The number of amides is 2. The number of piperidine rings is 1. The van der Waals surface area contributed by atoms with Crippen LogP contribution in [0, 0.1) is 5.92 Å². The van der Waals surface area contributed by atoms with Gasteiger partial charge >= 0.3 is 6.03 Å². The number of nitrogens with zero attached hydrogens (tertiary/aromatic N) is 1. The summed E-state index contributed by atoms with van der Waals surface area (Å²) >= 11 is 0. The molecule has 1 aromatic rings. The Kier molecular flexibility index (Phi) is 5.55. The fourth-order valence-electron chi connectivity index (χ4n) is 3.66. The van der Waals surface area contributed by atoms with Crippen molar-refractivity contribution in [3.63, 3.8) is 0 Å². The number of carbonyl (C=O) groups is 1. The minimum absolute atomic E-state index is 0.0657. The molecule has 1 heterocycles. The topological polar surface area (TPSA) is 52.6 Å². The molecular weight excluding hydrogens is 288 g/mol. The molecule has 0 aromatic heterocycles. The van der Waals surface area contributed by atoms with Crippen molar-refractivity contribution in [1.29, 1.82) is 0 Å². The number of hydrogen-bond acceptors (Lipinski definition) is 2. The van der Waals surface area contributed by atoms with Crippen LogP contribution in [0.15, 0.2) is 30.3 Å². The van der Waals surface area contributed by atoms with Crippen LogP contribution in [0.4, 0.5) is 4.79 Å². The molecule has 1 aliphatic heterocycles. The van der Waals surface area contributed by atoms with Crippen molar-refractivity contribution in [2.75, 3.05) is 13.2 Å². The van der Waals surface area contributed by atoms with Gasteiger partial charge in [-0.1, -0.05) is 30.3 Å². The highest BCUT2D eigenvalue weighted by Gasteiger charge is 2.34. The van der Waals surface area contributed by atoms with Crippen molar-refractivity contribution in [2.24, 2.45) is 5.92 Å². The van der Waals surface area contributed by atoms with E-state index in [4.69, 9.17) is 0 Å². The van der Waals surface area contributed by atoms with Crippen LogP contribution >= 0.6 is 0 Å². The van der Waals surface area contributed by atoms with E-state index >= 15 is 0 Å². The van der Waals surface area contributed by atoms with Gasteiger partial charge in [-0.25, -0.2) is 4.79 Å². The lowest BCUT2D eigenvalue weighted by Crippen LogP contribution is -2.52. The zero-order valence-corrected chi connectivity index (χ0v) is 13.8. The highest BCUT2D eigenvalue weighted by Crippen LogP contribution is 2.34. The first-order valence-electron chi connectivity index (χ1n) is 9.00. The molecule has 2 unspecified atom stereocenters. The number of aliphatic hydroxyl groups excluding tert-OH is 1. The third-order valence-electron chi connectivity index (χ3n) is 5.15. The number of nitrogens with one attached hydrogen (secondary N) is 1. The molecule has 3 rings (SSSR count). The molecule has 4 heteroatoms. The normalized spacial score (nSPS) is 22.7. The number of hydrogen-bond donors (Lipinski definition) is 2. The van der Waals surface area contributed by atoms with Crippen molar-refractivity contribution in [1.82, 2.24) is 10.2 Å².